The first-order valence-corrected chi connectivity index (χ1v) is 9.57. The summed E-state index contributed by atoms with van der Waals surface area (Å²) in [6.45, 7) is -0.483. The Balaban J connectivity index is 2.99. The molecule has 0 fully saturated rings. The zero-order chi connectivity index (χ0) is 16.1. The van der Waals surface area contributed by atoms with E-state index in [1.807, 2.05) is 0 Å². The van der Waals surface area contributed by atoms with E-state index in [0.29, 0.717) is 11.3 Å². The fourth-order valence-electron chi connectivity index (χ4n) is 1.64. The fourth-order valence-corrected chi connectivity index (χ4v) is 2.47. The largest absolute Gasteiger partial charge is 0.496 e. The van der Waals surface area contributed by atoms with Crippen LogP contribution in [-0.2, 0) is 28.6 Å². The summed E-state index contributed by atoms with van der Waals surface area (Å²) in [5.74, 6) is -0.109. The molecule has 0 atom stereocenters. The Morgan fingerprint density at radius 2 is 1.43 bits per heavy atom. The molecule has 0 radical (unpaired) electrons. The van der Waals surface area contributed by atoms with Crippen LogP contribution in [0.1, 0.15) is 11.5 Å². The van der Waals surface area contributed by atoms with Crippen LogP contribution in [0.25, 0.3) is 0 Å². The average Bonchev–Trinajstić information content (AvgIpc) is 2.36. The van der Waals surface area contributed by atoms with Crippen LogP contribution < -0.4 is 4.74 Å². The smallest absolute Gasteiger partial charge is 0.264 e. The van der Waals surface area contributed by atoms with Gasteiger partial charge in [-0.1, -0.05) is 18.2 Å². The third kappa shape index (κ3) is 6.89. The number of para-hydroxylation sites is 1. The molecule has 0 aliphatic heterocycles. The highest BCUT2D eigenvalue weighted by Crippen LogP contribution is 2.27. The van der Waals surface area contributed by atoms with Crippen LogP contribution in [0, 0.1) is 0 Å². The normalized spacial score (nSPS) is 12.6. The molecule has 120 valence electrons. The van der Waals surface area contributed by atoms with Gasteiger partial charge in [-0.25, -0.2) is 0 Å². The molecule has 1 rings (SSSR count). The summed E-state index contributed by atoms with van der Waals surface area (Å²) in [5, 5.41) is 0. The maximum absolute atomic E-state index is 11.1. The van der Waals surface area contributed by atoms with E-state index in [9.17, 15) is 16.8 Å². The highest BCUT2D eigenvalue weighted by molar-refractivity contribution is 7.86. The zero-order valence-corrected chi connectivity index (χ0v) is 13.6. The van der Waals surface area contributed by atoms with Gasteiger partial charge >= 0.3 is 0 Å². The van der Waals surface area contributed by atoms with E-state index in [-0.39, 0.29) is 13.2 Å². The molecule has 9 heteroatoms. The van der Waals surface area contributed by atoms with Crippen molar-refractivity contribution in [2.45, 2.75) is 5.92 Å². The van der Waals surface area contributed by atoms with Crippen molar-refractivity contribution in [3.8, 4) is 5.75 Å². The van der Waals surface area contributed by atoms with E-state index < -0.39 is 26.2 Å². The Labute approximate surface area is 125 Å². The molecule has 0 aromatic heterocycles. The van der Waals surface area contributed by atoms with Gasteiger partial charge in [0.2, 0.25) is 0 Å². The topological polar surface area (TPSA) is 96.0 Å². The predicted molar refractivity (Wildman–Crippen MR) is 77.3 cm³/mol. The molecule has 1 aromatic carbocycles. The summed E-state index contributed by atoms with van der Waals surface area (Å²) in [7, 11) is -5.83. The third-order valence-electron chi connectivity index (χ3n) is 2.55. The summed E-state index contributed by atoms with van der Waals surface area (Å²) in [6, 6.07) is 6.85. The molecule has 0 aliphatic rings. The monoisotopic (exact) mass is 338 g/mol. The van der Waals surface area contributed by atoms with E-state index >= 15 is 0 Å². The lowest BCUT2D eigenvalue weighted by molar-refractivity contribution is 0.226. The molecule has 7 nitrogen and oxygen atoms in total. The first kappa shape index (κ1) is 17.9. The molecule has 21 heavy (non-hydrogen) atoms. The molecule has 0 aliphatic carbocycles. The molecule has 0 amide bonds. The van der Waals surface area contributed by atoms with E-state index in [0.717, 1.165) is 12.5 Å². The SMILES string of the molecule is COc1ccccc1C(COS(C)(=O)=O)COS(C)(=O)=O. The molecular formula is C12H18O7S2. The lowest BCUT2D eigenvalue weighted by atomic mass is 10.00. The van der Waals surface area contributed by atoms with E-state index in [4.69, 9.17) is 13.1 Å². The van der Waals surface area contributed by atoms with Gasteiger partial charge in [-0.2, -0.15) is 16.8 Å². The average molecular weight is 338 g/mol. The summed E-state index contributed by atoms with van der Waals surface area (Å²) in [4.78, 5) is 0. The van der Waals surface area contributed by atoms with E-state index in [1.165, 1.54) is 7.11 Å². The maximum Gasteiger partial charge on any atom is 0.264 e. The first-order chi connectivity index (χ1) is 9.62. The highest BCUT2D eigenvalue weighted by atomic mass is 32.2. The molecule has 1 aromatic rings. The lowest BCUT2D eigenvalue weighted by Crippen LogP contribution is -2.19. The lowest BCUT2D eigenvalue weighted by Gasteiger charge is -2.18. The molecular weight excluding hydrogens is 320 g/mol. The second-order valence-electron chi connectivity index (χ2n) is 4.42. The minimum atomic E-state index is -3.65. The zero-order valence-electron chi connectivity index (χ0n) is 12.0. The minimum absolute atomic E-state index is 0.241. The molecule has 0 bridgehead atoms. The quantitative estimate of drug-likeness (QED) is 0.645. The van der Waals surface area contributed by atoms with Crippen LogP contribution in [0.4, 0.5) is 0 Å². The van der Waals surface area contributed by atoms with Crippen molar-refractivity contribution < 1.29 is 29.9 Å². The van der Waals surface area contributed by atoms with Gasteiger partial charge in [-0.15, -0.1) is 0 Å². The van der Waals surface area contributed by atoms with E-state index in [1.54, 1.807) is 24.3 Å². The Bertz CT molecular complexity index is 629. The van der Waals surface area contributed by atoms with Crippen LogP contribution in [0.5, 0.6) is 5.75 Å². The van der Waals surface area contributed by atoms with Crippen LogP contribution in [0.15, 0.2) is 24.3 Å². The van der Waals surface area contributed by atoms with Gasteiger partial charge in [0.15, 0.2) is 0 Å². The van der Waals surface area contributed by atoms with Crippen molar-refractivity contribution in [1.82, 2.24) is 0 Å². The summed E-state index contributed by atoms with van der Waals surface area (Å²) in [5.41, 5.74) is 0.604. The fraction of sp³-hybridized carbons (Fsp3) is 0.500. The van der Waals surface area contributed by atoms with E-state index in [2.05, 4.69) is 0 Å². The molecule has 0 heterocycles. The van der Waals surface area contributed by atoms with Crippen LogP contribution >= 0.6 is 0 Å². The summed E-state index contributed by atoms with van der Waals surface area (Å²) >= 11 is 0. The molecule has 0 unspecified atom stereocenters. The van der Waals surface area contributed by atoms with Gasteiger partial charge in [-0.05, 0) is 6.07 Å². The van der Waals surface area contributed by atoms with Crippen molar-refractivity contribution >= 4 is 20.2 Å². The maximum atomic E-state index is 11.1. The Morgan fingerprint density at radius 1 is 0.952 bits per heavy atom. The van der Waals surface area contributed by atoms with Gasteiger partial charge in [0, 0.05) is 11.5 Å². The molecule has 0 N–H and O–H groups in total. The number of rotatable bonds is 8. The Morgan fingerprint density at radius 3 is 1.86 bits per heavy atom. The van der Waals surface area contributed by atoms with Crippen molar-refractivity contribution in [3.63, 3.8) is 0 Å². The summed E-state index contributed by atoms with van der Waals surface area (Å²) in [6.07, 6.45) is 1.84. The molecule has 0 spiro atoms. The number of methoxy groups -OCH3 is 1. The molecule has 0 saturated carbocycles. The molecule has 0 saturated heterocycles. The van der Waals surface area contributed by atoms with Gasteiger partial charge in [0.25, 0.3) is 20.2 Å². The Kier molecular flexibility index (Phi) is 6.14. The third-order valence-corrected chi connectivity index (χ3v) is 3.67. The van der Waals surface area contributed by atoms with Gasteiger partial charge in [0.05, 0.1) is 32.8 Å². The number of ether oxygens (including phenoxy) is 1. The van der Waals surface area contributed by atoms with Gasteiger partial charge in [0.1, 0.15) is 5.75 Å². The number of hydrogen-bond donors (Lipinski definition) is 0. The van der Waals surface area contributed by atoms with Gasteiger partial charge < -0.3 is 4.74 Å². The first-order valence-electron chi connectivity index (χ1n) is 5.94. The van der Waals surface area contributed by atoms with Crippen LogP contribution in [0.3, 0.4) is 0 Å². The second kappa shape index (κ2) is 7.21. The van der Waals surface area contributed by atoms with Gasteiger partial charge in [-0.3, -0.25) is 8.37 Å². The van der Waals surface area contributed by atoms with Crippen LogP contribution in [-0.4, -0.2) is 49.7 Å². The Hall–Kier alpha value is -1.16. The van der Waals surface area contributed by atoms with Crippen molar-refractivity contribution in [2.24, 2.45) is 0 Å². The predicted octanol–water partition coefficient (Wildman–Crippen LogP) is 0.731. The minimum Gasteiger partial charge on any atom is -0.496 e. The standard InChI is InChI=1S/C12H18O7S2/c1-17-12-7-5-4-6-11(12)10(8-18-20(2,13)14)9-19-21(3,15)16/h4-7,10H,8-9H2,1-3H3. The summed E-state index contributed by atoms with van der Waals surface area (Å²) < 4.78 is 59.1. The van der Waals surface area contributed by atoms with Crippen LogP contribution in [0.2, 0.25) is 0 Å². The van der Waals surface area contributed by atoms with Crippen molar-refractivity contribution in [2.75, 3.05) is 32.8 Å². The van der Waals surface area contributed by atoms with Crippen molar-refractivity contribution in [1.29, 1.82) is 0 Å². The number of benzene rings is 1. The number of hydrogen-bond acceptors (Lipinski definition) is 7. The highest BCUT2D eigenvalue weighted by Gasteiger charge is 2.20. The second-order valence-corrected chi connectivity index (χ2v) is 7.70. The van der Waals surface area contributed by atoms with Crippen molar-refractivity contribution in [3.05, 3.63) is 29.8 Å².